The lowest BCUT2D eigenvalue weighted by atomic mass is 9.75. The molecule has 0 radical (unpaired) electrons. The zero-order valence-electron chi connectivity index (χ0n) is 13.2. The Kier molecular flexibility index (Phi) is 4.08. The molecule has 0 spiro atoms. The third-order valence-corrected chi connectivity index (χ3v) is 5.13. The highest BCUT2D eigenvalue weighted by atomic mass is 16.5. The molecule has 4 rings (SSSR count). The van der Waals surface area contributed by atoms with E-state index in [2.05, 4.69) is 5.32 Å². The maximum atomic E-state index is 12.5. The Morgan fingerprint density at radius 3 is 2.88 bits per heavy atom. The maximum Gasteiger partial charge on any atom is 0.475 e. The predicted molar refractivity (Wildman–Crippen MR) is 88.0 cm³/mol. The van der Waals surface area contributed by atoms with E-state index >= 15 is 0 Å². The summed E-state index contributed by atoms with van der Waals surface area (Å²) in [5, 5.41) is 23.1. The highest BCUT2D eigenvalue weighted by molar-refractivity contribution is 6.43. The topological polar surface area (TPSA) is 91.9 Å². The summed E-state index contributed by atoms with van der Waals surface area (Å²) in [4.78, 5) is 12.5. The van der Waals surface area contributed by atoms with E-state index < -0.39 is 13.1 Å². The molecule has 2 aliphatic rings. The highest BCUT2D eigenvalue weighted by Gasteiger charge is 2.45. The molecule has 0 aliphatic carbocycles. The zero-order valence-corrected chi connectivity index (χ0v) is 13.2. The minimum atomic E-state index is -1.64. The largest absolute Gasteiger partial charge is 0.475 e. The number of carbonyl (C=O) groups excluding carboxylic acids is 1. The molecule has 126 valence electrons. The van der Waals surface area contributed by atoms with E-state index in [1.54, 1.807) is 6.26 Å². The Morgan fingerprint density at radius 1 is 1.33 bits per heavy atom. The number of para-hydroxylation sites is 1. The summed E-state index contributed by atoms with van der Waals surface area (Å²) in [5.41, 5.74) is 1.58. The number of rotatable bonds is 5. The first kappa shape index (κ1) is 15.7. The lowest BCUT2D eigenvalue weighted by Crippen LogP contribution is -2.50. The first-order valence-corrected chi connectivity index (χ1v) is 8.39. The lowest BCUT2D eigenvalue weighted by Gasteiger charge is -2.23. The van der Waals surface area contributed by atoms with Gasteiger partial charge in [-0.25, -0.2) is 0 Å². The standard InChI is InChI=1S/C17H20BNO5/c20-17(13-8-11-5-6-15(13)24-11)19-16(18(21)22)7-10-9-23-14-4-2-1-3-12(10)14/h1-4,9,11,13,15-16,21-22H,5-8H2,(H,19,20)/t11-,13+,15+,16-/m1/s1. The number of furan rings is 1. The van der Waals surface area contributed by atoms with Crippen molar-refractivity contribution < 1.29 is 24.0 Å². The molecule has 3 heterocycles. The summed E-state index contributed by atoms with van der Waals surface area (Å²) in [6.45, 7) is 0. The van der Waals surface area contributed by atoms with Crippen LogP contribution < -0.4 is 5.32 Å². The summed E-state index contributed by atoms with van der Waals surface area (Å²) < 4.78 is 11.2. The van der Waals surface area contributed by atoms with Crippen LogP contribution in [0.5, 0.6) is 0 Å². The molecule has 6 nitrogen and oxygen atoms in total. The van der Waals surface area contributed by atoms with Crippen molar-refractivity contribution in [3.63, 3.8) is 0 Å². The van der Waals surface area contributed by atoms with Crippen LogP contribution in [0.3, 0.4) is 0 Å². The van der Waals surface area contributed by atoms with Crippen molar-refractivity contribution in [2.24, 2.45) is 5.92 Å². The first-order valence-electron chi connectivity index (χ1n) is 8.39. The van der Waals surface area contributed by atoms with Gasteiger partial charge in [-0.05, 0) is 37.3 Å². The molecule has 0 unspecified atom stereocenters. The van der Waals surface area contributed by atoms with Gasteiger partial charge in [-0.1, -0.05) is 18.2 Å². The van der Waals surface area contributed by atoms with Crippen LogP contribution in [0.1, 0.15) is 24.8 Å². The van der Waals surface area contributed by atoms with Gasteiger partial charge < -0.3 is 24.5 Å². The summed E-state index contributed by atoms with van der Waals surface area (Å²) in [6, 6.07) is 7.55. The summed E-state index contributed by atoms with van der Waals surface area (Å²) in [5.74, 6) is -1.13. The van der Waals surface area contributed by atoms with Crippen molar-refractivity contribution in [3.05, 3.63) is 36.1 Å². The predicted octanol–water partition coefficient (Wildman–Crippen LogP) is 1.04. The van der Waals surface area contributed by atoms with Gasteiger partial charge in [0.1, 0.15) is 5.58 Å². The van der Waals surface area contributed by atoms with Crippen molar-refractivity contribution in [2.75, 3.05) is 0 Å². The van der Waals surface area contributed by atoms with Gasteiger partial charge in [0.25, 0.3) is 0 Å². The molecule has 4 atom stereocenters. The number of benzene rings is 1. The van der Waals surface area contributed by atoms with Gasteiger partial charge >= 0.3 is 7.12 Å². The van der Waals surface area contributed by atoms with Crippen molar-refractivity contribution in [3.8, 4) is 0 Å². The van der Waals surface area contributed by atoms with Gasteiger partial charge in [-0.3, -0.25) is 4.79 Å². The fourth-order valence-corrected chi connectivity index (χ4v) is 3.86. The Labute approximate surface area is 139 Å². The average Bonchev–Trinajstić information content (AvgIpc) is 3.29. The van der Waals surface area contributed by atoms with Crippen molar-refractivity contribution in [1.82, 2.24) is 5.32 Å². The van der Waals surface area contributed by atoms with E-state index in [-0.39, 0.29) is 24.0 Å². The quantitative estimate of drug-likeness (QED) is 0.713. The molecule has 1 amide bonds. The van der Waals surface area contributed by atoms with Gasteiger partial charge in [-0.15, -0.1) is 0 Å². The third kappa shape index (κ3) is 2.83. The number of ether oxygens (including phenoxy) is 1. The molecule has 0 saturated carbocycles. The number of nitrogens with one attached hydrogen (secondary N) is 1. The van der Waals surface area contributed by atoms with Gasteiger partial charge in [0.15, 0.2) is 0 Å². The minimum Gasteiger partial charge on any atom is -0.464 e. The monoisotopic (exact) mass is 329 g/mol. The fraction of sp³-hybridized carbons (Fsp3) is 0.471. The van der Waals surface area contributed by atoms with Crippen LogP contribution in [0.25, 0.3) is 11.0 Å². The molecular weight excluding hydrogens is 309 g/mol. The molecule has 3 N–H and O–H groups in total. The second kappa shape index (κ2) is 6.24. The smallest absolute Gasteiger partial charge is 0.464 e. The minimum absolute atomic E-state index is 0.0266. The van der Waals surface area contributed by atoms with Crippen molar-refractivity contribution >= 4 is 24.0 Å². The molecule has 2 fully saturated rings. The number of fused-ring (bicyclic) bond motifs is 3. The highest BCUT2D eigenvalue weighted by Crippen LogP contribution is 2.38. The summed E-state index contributed by atoms with van der Waals surface area (Å²) >= 11 is 0. The van der Waals surface area contributed by atoms with E-state index in [0.29, 0.717) is 6.42 Å². The average molecular weight is 329 g/mol. The third-order valence-electron chi connectivity index (χ3n) is 5.13. The lowest BCUT2D eigenvalue weighted by molar-refractivity contribution is -0.126. The molecule has 1 aromatic carbocycles. The Bertz CT molecular complexity index is 745. The van der Waals surface area contributed by atoms with E-state index in [1.807, 2.05) is 24.3 Å². The summed E-state index contributed by atoms with van der Waals surface area (Å²) in [7, 11) is -1.64. The maximum absolute atomic E-state index is 12.5. The van der Waals surface area contributed by atoms with Gasteiger partial charge in [0.2, 0.25) is 5.91 Å². The second-order valence-electron chi connectivity index (χ2n) is 6.71. The Hall–Kier alpha value is -1.83. The zero-order chi connectivity index (χ0) is 16.7. The van der Waals surface area contributed by atoms with Crippen molar-refractivity contribution in [2.45, 2.75) is 43.8 Å². The van der Waals surface area contributed by atoms with Crippen LogP contribution in [0.4, 0.5) is 0 Å². The summed E-state index contributed by atoms with van der Waals surface area (Å²) in [6.07, 6.45) is 4.69. The van der Waals surface area contributed by atoms with E-state index in [9.17, 15) is 14.8 Å². The molecule has 2 saturated heterocycles. The number of hydrogen-bond acceptors (Lipinski definition) is 5. The van der Waals surface area contributed by atoms with Crippen LogP contribution in [-0.4, -0.2) is 41.2 Å². The number of amides is 1. The first-order chi connectivity index (χ1) is 11.6. The van der Waals surface area contributed by atoms with Gasteiger partial charge in [-0.2, -0.15) is 0 Å². The Balaban J connectivity index is 1.47. The molecular formula is C17H20BNO5. The van der Waals surface area contributed by atoms with E-state index in [4.69, 9.17) is 9.15 Å². The molecule has 1 aromatic heterocycles. The van der Waals surface area contributed by atoms with Crippen LogP contribution in [-0.2, 0) is 16.0 Å². The van der Waals surface area contributed by atoms with Crippen LogP contribution in [0.15, 0.2) is 34.9 Å². The Morgan fingerprint density at radius 2 is 2.17 bits per heavy atom. The molecule has 7 heteroatoms. The fourth-order valence-electron chi connectivity index (χ4n) is 3.86. The second-order valence-corrected chi connectivity index (χ2v) is 6.71. The SMILES string of the molecule is O=C(N[C@H](Cc1coc2ccccc12)B(O)O)[C@H]1C[C@H]2CC[C@@H]1O2. The van der Waals surface area contributed by atoms with Crippen LogP contribution >= 0.6 is 0 Å². The molecule has 2 aliphatic heterocycles. The molecule has 2 aromatic rings. The molecule has 24 heavy (non-hydrogen) atoms. The van der Waals surface area contributed by atoms with E-state index in [1.165, 1.54) is 0 Å². The van der Waals surface area contributed by atoms with Crippen LogP contribution in [0.2, 0.25) is 0 Å². The number of hydrogen-bond donors (Lipinski definition) is 3. The van der Waals surface area contributed by atoms with Crippen LogP contribution in [0, 0.1) is 5.92 Å². The van der Waals surface area contributed by atoms with Crippen molar-refractivity contribution in [1.29, 1.82) is 0 Å². The normalized spacial score (nSPS) is 26.7. The van der Waals surface area contributed by atoms with Gasteiger partial charge in [0, 0.05) is 5.39 Å². The van der Waals surface area contributed by atoms with Gasteiger partial charge in [0.05, 0.1) is 30.3 Å². The van der Waals surface area contributed by atoms with E-state index in [0.717, 1.165) is 35.8 Å². The molecule has 2 bridgehead atoms. The number of carbonyl (C=O) groups is 1.